The van der Waals surface area contributed by atoms with Gasteiger partial charge in [-0.2, -0.15) is 0 Å². The Labute approximate surface area is 181 Å². The zero-order valence-electron chi connectivity index (χ0n) is 18.0. The third-order valence-electron chi connectivity index (χ3n) is 6.30. The SMILES string of the molecule is Cc1nc(CNC(=O)[C@H](CC2CCCC2)CN(O)C=O)c(F)c(N2CCC[C@H]2CO)n1. The molecule has 1 saturated heterocycles. The van der Waals surface area contributed by atoms with Crippen molar-refractivity contribution in [1.82, 2.24) is 20.3 Å². The summed E-state index contributed by atoms with van der Waals surface area (Å²) in [5.41, 5.74) is 0.0790. The predicted octanol–water partition coefficient (Wildman–Crippen LogP) is 1.55. The van der Waals surface area contributed by atoms with Crippen LogP contribution in [0.25, 0.3) is 0 Å². The van der Waals surface area contributed by atoms with Gasteiger partial charge in [0.1, 0.15) is 11.5 Å². The Balaban J connectivity index is 1.70. The van der Waals surface area contributed by atoms with Crippen molar-refractivity contribution >= 4 is 18.1 Å². The molecule has 2 aliphatic rings. The number of nitrogens with one attached hydrogen (secondary N) is 1. The second-order valence-electron chi connectivity index (χ2n) is 8.56. The molecule has 0 bridgehead atoms. The number of carbonyl (C=O) groups is 2. The van der Waals surface area contributed by atoms with Crippen LogP contribution in [-0.2, 0) is 16.1 Å². The van der Waals surface area contributed by atoms with Crippen molar-refractivity contribution in [3.05, 3.63) is 17.3 Å². The number of anilines is 1. The lowest BCUT2D eigenvalue weighted by atomic mass is 9.92. The van der Waals surface area contributed by atoms with E-state index in [2.05, 4.69) is 15.3 Å². The summed E-state index contributed by atoms with van der Waals surface area (Å²) >= 11 is 0. The average Bonchev–Trinajstić information content (AvgIpc) is 3.44. The van der Waals surface area contributed by atoms with Gasteiger partial charge in [0.2, 0.25) is 12.3 Å². The molecule has 31 heavy (non-hydrogen) atoms. The highest BCUT2D eigenvalue weighted by Crippen LogP contribution is 2.31. The van der Waals surface area contributed by atoms with Crippen molar-refractivity contribution < 1.29 is 24.3 Å². The number of carbonyl (C=O) groups excluding carboxylic acids is 2. The van der Waals surface area contributed by atoms with Gasteiger partial charge in [0.25, 0.3) is 0 Å². The smallest absolute Gasteiger partial charge is 0.233 e. The van der Waals surface area contributed by atoms with Crippen LogP contribution in [0.2, 0.25) is 0 Å². The van der Waals surface area contributed by atoms with Gasteiger partial charge in [-0.25, -0.2) is 19.4 Å². The summed E-state index contributed by atoms with van der Waals surface area (Å²) < 4.78 is 15.2. The maximum atomic E-state index is 15.2. The number of hydroxylamine groups is 2. The summed E-state index contributed by atoms with van der Waals surface area (Å²) in [6, 6.07) is -0.180. The molecule has 2 atom stereocenters. The molecule has 0 radical (unpaired) electrons. The number of aromatic nitrogens is 2. The van der Waals surface area contributed by atoms with Crippen LogP contribution in [0.5, 0.6) is 0 Å². The summed E-state index contributed by atoms with van der Waals surface area (Å²) in [6.07, 6.45) is 6.76. The Kier molecular flexibility index (Phi) is 8.14. The fourth-order valence-electron chi connectivity index (χ4n) is 4.71. The quantitative estimate of drug-likeness (QED) is 0.289. The lowest BCUT2D eigenvalue weighted by Gasteiger charge is -2.25. The van der Waals surface area contributed by atoms with Crippen molar-refractivity contribution in [3.8, 4) is 0 Å². The fourth-order valence-corrected chi connectivity index (χ4v) is 4.71. The van der Waals surface area contributed by atoms with Gasteiger partial charge in [0.05, 0.1) is 31.7 Å². The zero-order valence-corrected chi connectivity index (χ0v) is 18.0. The number of hydrogen-bond acceptors (Lipinski definition) is 7. The summed E-state index contributed by atoms with van der Waals surface area (Å²) in [6.45, 7) is 1.97. The monoisotopic (exact) mass is 437 g/mol. The number of nitrogens with zero attached hydrogens (tertiary/aromatic N) is 4. The van der Waals surface area contributed by atoms with Crippen molar-refractivity contribution in [2.75, 3.05) is 24.6 Å². The van der Waals surface area contributed by atoms with Gasteiger partial charge in [0.15, 0.2) is 11.6 Å². The number of amides is 2. The number of aryl methyl sites for hydroxylation is 1. The van der Waals surface area contributed by atoms with E-state index < -0.39 is 11.7 Å². The molecule has 9 nitrogen and oxygen atoms in total. The molecule has 1 aromatic heterocycles. The van der Waals surface area contributed by atoms with E-state index in [0.717, 1.165) is 38.5 Å². The first-order valence-corrected chi connectivity index (χ1v) is 11.0. The van der Waals surface area contributed by atoms with Crippen LogP contribution in [0.1, 0.15) is 56.5 Å². The molecule has 2 heterocycles. The van der Waals surface area contributed by atoms with Crippen LogP contribution in [0.3, 0.4) is 0 Å². The third-order valence-corrected chi connectivity index (χ3v) is 6.30. The van der Waals surface area contributed by atoms with E-state index in [0.29, 0.717) is 29.8 Å². The Morgan fingerprint density at radius 1 is 1.32 bits per heavy atom. The Bertz CT molecular complexity index is 774. The van der Waals surface area contributed by atoms with Gasteiger partial charge in [0, 0.05) is 6.54 Å². The molecule has 2 amide bonds. The Morgan fingerprint density at radius 2 is 2.06 bits per heavy atom. The second-order valence-corrected chi connectivity index (χ2v) is 8.56. The van der Waals surface area contributed by atoms with Crippen LogP contribution < -0.4 is 10.2 Å². The van der Waals surface area contributed by atoms with Gasteiger partial charge in [-0.05, 0) is 32.1 Å². The predicted molar refractivity (Wildman–Crippen MR) is 111 cm³/mol. The first kappa shape index (κ1) is 23.3. The molecular formula is C21H32FN5O4. The van der Waals surface area contributed by atoms with Gasteiger partial charge < -0.3 is 15.3 Å². The van der Waals surface area contributed by atoms with Gasteiger partial charge in [-0.1, -0.05) is 25.7 Å². The summed E-state index contributed by atoms with van der Waals surface area (Å²) in [5, 5.41) is 22.4. The number of aliphatic hydroxyl groups excluding tert-OH is 1. The van der Waals surface area contributed by atoms with Gasteiger partial charge in [-0.3, -0.25) is 14.8 Å². The van der Waals surface area contributed by atoms with Crippen molar-refractivity contribution in [1.29, 1.82) is 0 Å². The minimum absolute atomic E-state index is 0.0776. The lowest BCUT2D eigenvalue weighted by molar-refractivity contribution is -0.155. The normalized spacial score (nSPS) is 20.1. The molecule has 0 aromatic carbocycles. The van der Waals surface area contributed by atoms with Gasteiger partial charge >= 0.3 is 0 Å². The van der Waals surface area contributed by atoms with Crippen LogP contribution in [0, 0.1) is 24.6 Å². The largest absolute Gasteiger partial charge is 0.394 e. The summed E-state index contributed by atoms with van der Waals surface area (Å²) in [4.78, 5) is 33.8. The molecule has 1 saturated carbocycles. The van der Waals surface area contributed by atoms with Crippen LogP contribution in [0.4, 0.5) is 10.2 Å². The van der Waals surface area contributed by atoms with E-state index in [9.17, 15) is 19.9 Å². The molecule has 0 unspecified atom stereocenters. The van der Waals surface area contributed by atoms with Crippen LogP contribution in [0.15, 0.2) is 0 Å². The fraction of sp³-hybridized carbons (Fsp3) is 0.714. The van der Waals surface area contributed by atoms with Crippen molar-refractivity contribution in [3.63, 3.8) is 0 Å². The second kappa shape index (κ2) is 10.8. The maximum Gasteiger partial charge on any atom is 0.233 e. The van der Waals surface area contributed by atoms with E-state index >= 15 is 4.39 Å². The molecule has 172 valence electrons. The average molecular weight is 438 g/mol. The zero-order chi connectivity index (χ0) is 22.4. The standard InChI is InChI=1S/C21H32FN5O4/c1-14-24-18(19(22)20(25-14)27-8-4-7-17(27)12-28)10-23-21(30)16(11-26(31)13-29)9-15-5-2-3-6-15/h13,15-17,28,31H,2-12H2,1H3,(H,23,30)/t16-,17+/m1/s1. The van der Waals surface area contributed by atoms with Crippen molar-refractivity contribution in [2.24, 2.45) is 11.8 Å². The highest BCUT2D eigenvalue weighted by molar-refractivity contribution is 5.79. The Hall–Kier alpha value is -2.33. The number of halogens is 1. The molecular weight excluding hydrogens is 405 g/mol. The van der Waals surface area contributed by atoms with E-state index in [1.165, 1.54) is 0 Å². The molecule has 10 heteroatoms. The molecule has 0 spiro atoms. The minimum atomic E-state index is -0.602. The molecule has 3 rings (SSSR count). The lowest BCUT2D eigenvalue weighted by Crippen LogP contribution is -2.39. The van der Waals surface area contributed by atoms with Crippen LogP contribution in [-0.4, -0.2) is 63.4 Å². The Morgan fingerprint density at radius 3 is 2.74 bits per heavy atom. The number of hydrogen-bond donors (Lipinski definition) is 3. The molecule has 1 aliphatic heterocycles. The molecule has 3 N–H and O–H groups in total. The number of rotatable bonds is 10. The maximum absolute atomic E-state index is 15.2. The summed E-state index contributed by atoms with van der Waals surface area (Å²) in [7, 11) is 0. The highest BCUT2D eigenvalue weighted by Gasteiger charge is 2.30. The molecule has 2 fully saturated rings. The van der Waals surface area contributed by atoms with Crippen LogP contribution >= 0.6 is 0 Å². The first-order chi connectivity index (χ1) is 14.9. The third kappa shape index (κ3) is 5.88. The molecule has 1 aromatic rings. The van der Waals surface area contributed by atoms with Gasteiger partial charge in [-0.15, -0.1) is 0 Å². The minimum Gasteiger partial charge on any atom is -0.394 e. The van der Waals surface area contributed by atoms with E-state index in [1.807, 2.05) is 0 Å². The van der Waals surface area contributed by atoms with E-state index in [1.54, 1.807) is 11.8 Å². The summed E-state index contributed by atoms with van der Waals surface area (Å²) in [5.74, 6) is -0.616. The van der Waals surface area contributed by atoms with E-state index in [4.69, 9.17) is 0 Å². The molecule has 1 aliphatic carbocycles. The van der Waals surface area contributed by atoms with Crippen molar-refractivity contribution in [2.45, 2.75) is 64.5 Å². The number of aliphatic hydroxyl groups is 1. The first-order valence-electron chi connectivity index (χ1n) is 11.0. The topological polar surface area (TPSA) is 119 Å². The highest BCUT2D eigenvalue weighted by atomic mass is 19.1. The van der Waals surface area contributed by atoms with E-state index in [-0.39, 0.29) is 49.6 Å².